The largest absolute Gasteiger partial charge is 0.461 e. The number of unbranched alkanes of at least 4 members (excludes halogenated alkanes) is 11. The van der Waals surface area contributed by atoms with Crippen molar-refractivity contribution in [2.24, 2.45) is 21.6 Å². The third-order valence-electron chi connectivity index (χ3n) is 9.18. The SMILES string of the molecule is CCCCCCCCCCCC(=O)OC(C(C)C)C1(CC)CCC=C(C2=NSCI=C2OCCCCCC)CC1C. The molecule has 1 aliphatic heterocycles. The Morgan fingerprint density at radius 3 is 2.27 bits per heavy atom. The van der Waals surface area contributed by atoms with Crippen LogP contribution in [0.4, 0.5) is 0 Å². The number of carbonyl (C=O) groups is 1. The Bertz CT molecular complexity index is 839. The van der Waals surface area contributed by atoms with Gasteiger partial charge in [0.05, 0.1) is 10.4 Å². The topological polar surface area (TPSA) is 47.9 Å². The number of nitrogens with zero attached hydrogens (tertiary/aromatic N) is 1. The summed E-state index contributed by atoms with van der Waals surface area (Å²) in [6.45, 7) is 14.5. The number of allylic oxidation sites excluding steroid dienone is 1. The second kappa shape index (κ2) is 21.5. The molecule has 2 rings (SSSR count). The molecule has 0 saturated carbocycles. The second-order valence-corrected chi connectivity index (χ2v) is 17.0. The highest BCUT2D eigenvalue weighted by Gasteiger charge is 2.46. The molecule has 3 atom stereocenters. The van der Waals surface area contributed by atoms with Gasteiger partial charge < -0.3 is 9.47 Å². The molecule has 6 heteroatoms. The van der Waals surface area contributed by atoms with Crippen LogP contribution in [-0.2, 0) is 14.3 Å². The summed E-state index contributed by atoms with van der Waals surface area (Å²) in [6.07, 6.45) is 23.3. The Hall–Kier alpha value is -0.210. The van der Waals surface area contributed by atoms with Crippen molar-refractivity contribution in [1.82, 2.24) is 0 Å². The van der Waals surface area contributed by atoms with Crippen molar-refractivity contribution < 1.29 is 14.3 Å². The van der Waals surface area contributed by atoms with Crippen LogP contribution in [-0.4, -0.2) is 31.8 Å². The highest BCUT2D eigenvalue weighted by Crippen LogP contribution is 2.49. The van der Waals surface area contributed by atoms with Crippen LogP contribution in [0.5, 0.6) is 0 Å². The summed E-state index contributed by atoms with van der Waals surface area (Å²) in [5.74, 6) is 0.717. The van der Waals surface area contributed by atoms with Crippen LogP contribution in [0.3, 0.4) is 0 Å². The predicted octanol–water partition coefficient (Wildman–Crippen LogP) is 11.4. The summed E-state index contributed by atoms with van der Waals surface area (Å²) in [6, 6.07) is 0. The molecule has 0 radical (unpaired) electrons. The smallest absolute Gasteiger partial charge is 0.306 e. The van der Waals surface area contributed by atoms with Gasteiger partial charge in [-0.15, -0.1) is 0 Å². The molecule has 4 nitrogen and oxygen atoms in total. The molecule has 0 N–H and O–H groups in total. The molecule has 0 aromatic rings. The lowest BCUT2D eigenvalue weighted by Crippen LogP contribution is -2.46. The number of halogens is 1. The standard InChI is InChI=1S/C35H62INO3S/c1-7-10-12-14-15-16-17-18-19-23-31(38)40-33(28(4)5)35(9-3)24-21-22-30(26-29(35)6)32-34(36-27-41-37-32)39-25-20-13-11-8-2/h22,28-29,33H,7-21,23-27H2,1-6H3. The molecule has 0 bridgehead atoms. The van der Waals surface area contributed by atoms with E-state index in [1.807, 2.05) is 0 Å². The molecule has 0 amide bonds. The number of hydrogen-bond acceptors (Lipinski definition) is 5. The molecule has 0 saturated heterocycles. The number of rotatable bonds is 21. The van der Waals surface area contributed by atoms with Crippen molar-refractivity contribution >= 4 is 48.1 Å². The van der Waals surface area contributed by atoms with Crippen molar-refractivity contribution in [3.63, 3.8) is 0 Å². The van der Waals surface area contributed by atoms with Crippen LogP contribution >= 0.6 is 32.7 Å². The van der Waals surface area contributed by atoms with E-state index in [2.05, 4.69) is 47.6 Å². The van der Waals surface area contributed by atoms with Crippen LogP contribution < -0.4 is 0 Å². The van der Waals surface area contributed by atoms with E-state index in [1.54, 1.807) is 11.9 Å². The zero-order valence-electron chi connectivity index (χ0n) is 27.4. The summed E-state index contributed by atoms with van der Waals surface area (Å²) in [5, 5.41) is 0. The fourth-order valence-corrected chi connectivity index (χ4v) is 10.3. The zero-order chi connectivity index (χ0) is 29.9. The fraction of sp³-hybridized carbons (Fsp3) is 0.857. The zero-order valence-corrected chi connectivity index (χ0v) is 30.4. The van der Waals surface area contributed by atoms with Gasteiger partial charge in [0.2, 0.25) is 0 Å². The molecule has 0 aromatic carbocycles. The Labute approximate surface area is 267 Å². The van der Waals surface area contributed by atoms with E-state index >= 15 is 0 Å². The van der Waals surface area contributed by atoms with Crippen LogP contribution in [0.25, 0.3) is 0 Å². The molecule has 238 valence electrons. The average Bonchev–Trinajstić information content (AvgIpc) is 3.13. The minimum absolute atomic E-state index is 0.00833. The monoisotopic (exact) mass is 703 g/mol. The number of hydrogen-bond donors (Lipinski definition) is 0. The van der Waals surface area contributed by atoms with Gasteiger partial charge in [0.1, 0.15) is 15.5 Å². The van der Waals surface area contributed by atoms with E-state index in [4.69, 9.17) is 13.9 Å². The summed E-state index contributed by atoms with van der Waals surface area (Å²) in [7, 11) is 0. The minimum atomic E-state index is -0.130. The van der Waals surface area contributed by atoms with Gasteiger partial charge in [0, 0.05) is 11.8 Å². The summed E-state index contributed by atoms with van der Waals surface area (Å²) >= 11 is 1.59. The van der Waals surface area contributed by atoms with Crippen LogP contribution in [0, 0.1) is 17.3 Å². The van der Waals surface area contributed by atoms with Crippen LogP contribution in [0.1, 0.15) is 157 Å². The summed E-state index contributed by atoms with van der Waals surface area (Å²) < 4.78 is 20.1. The fourth-order valence-electron chi connectivity index (χ4n) is 6.66. The van der Waals surface area contributed by atoms with E-state index in [0.717, 1.165) is 61.0 Å². The molecule has 1 heterocycles. The van der Waals surface area contributed by atoms with E-state index in [1.165, 1.54) is 73.5 Å². The molecule has 1 aliphatic carbocycles. The van der Waals surface area contributed by atoms with Crippen LogP contribution in [0.15, 0.2) is 16.0 Å². The van der Waals surface area contributed by atoms with Gasteiger partial charge in [-0.3, -0.25) is 4.79 Å². The van der Waals surface area contributed by atoms with Crippen molar-refractivity contribution in [3.8, 4) is 0 Å². The first-order chi connectivity index (χ1) is 19.9. The van der Waals surface area contributed by atoms with Gasteiger partial charge in [-0.05, 0) is 67.9 Å². The van der Waals surface area contributed by atoms with Crippen LogP contribution in [0.2, 0.25) is 0 Å². The third kappa shape index (κ3) is 12.7. The van der Waals surface area contributed by atoms with Crippen molar-refractivity contribution in [2.75, 3.05) is 10.4 Å². The minimum Gasteiger partial charge on any atom is -0.461 e. The van der Waals surface area contributed by atoms with Crippen molar-refractivity contribution in [2.45, 2.75) is 163 Å². The number of carbonyl (C=O) groups excluding carboxylic acids is 1. The first-order valence-corrected chi connectivity index (χ1v) is 20.6. The molecule has 3 unspecified atom stereocenters. The number of alkyl halides is 1. The first-order valence-electron chi connectivity index (χ1n) is 17.1. The van der Waals surface area contributed by atoms with Gasteiger partial charge >= 0.3 is 5.97 Å². The molecular formula is C35H62INO3S. The lowest BCUT2D eigenvalue weighted by Gasteiger charge is -2.45. The van der Waals surface area contributed by atoms with E-state index in [0.29, 0.717) is 18.3 Å². The lowest BCUT2D eigenvalue weighted by molar-refractivity contribution is -0.165. The van der Waals surface area contributed by atoms with Crippen molar-refractivity contribution in [3.05, 3.63) is 11.6 Å². The van der Waals surface area contributed by atoms with Gasteiger partial charge in [0.25, 0.3) is 0 Å². The van der Waals surface area contributed by atoms with E-state index < -0.39 is 0 Å². The second-order valence-electron chi connectivity index (χ2n) is 12.7. The first kappa shape index (κ1) is 37.0. The Morgan fingerprint density at radius 1 is 1.00 bits per heavy atom. The summed E-state index contributed by atoms with van der Waals surface area (Å²) in [5.41, 5.74) is 2.50. The third-order valence-corrected chi connectivity index (χ3v) is 13.0. The quantitative estimate of drug-likeness (QED) is 0.0393. The Kier molecular flexibility index (Phi) is 19.4. The average molecular weight is 704 g/mol. The maximum Gasteiger partial charge on any atom is 0.306 e. The highest BCUT2D eigenvalue weighted by molar-refractivity contribution is 14.2. The molecule has 0 spiro atoms. The van der Waals surface area contributed by atoms with Gasteiger partial charge in [-0.2, -0.15) is 0 Å². The maximum atomic E-state index is 13.1. The van der Waals surface area contributed by atoms with Gasteiger partial charge in [-0.25, -0.2) is 4.40 Å². The normalized spacial score (nSPS) is 22.3. The highest BCUT2D eigenvalue weighted by atomic mass is 127. The lowest BCUT2D eigenvalue weighted by atomic mass is 9.63. The van der Waals surface area contributed by atoms with Gasteiger partial charge in [0.15, 0.2) is 0 Å². The van der Waals surface area contributed by atoms with Crippen molar-refractivity contribution in [1.29, 1.82) is 0 Å². The maximum absolute atomic E-state index is 13.1. The Balaban J connectivity index is 1.95. The molecular weight excluding hydrogens is 641 g/mol. The molecule has 0 aromatic heterocycles. The molecule has 0 fully saturated rings. The van der Waals surface area contributed by atoms with E-state index in [9.17, 15) is 4.79 Å². The molecule has 41 heavy (non-hydrogen) atoms. The van der Waals surface area contributed by atoms with Gasteiger partial charge in [-0.1, -0.05) is 139 Å². The number of esters is 1. The number of ether oxygens (including phenoxy) is 2. The van der Waals surface area contributed by atoms with E-state index in [-0.39, 0.29) is 38.2 Å². The molecule has 2 aliphatic rings. The Morgan fingerprint density at radius 2 is 1.63 bits per heavy atom. The predicted molar refractivity (Wildman–Crippen MR) is 189 cm³/mol. The summed E-state index contributed by atoms with van der Waals surface area (Å²) in [4.78, 5) is 13.1.